The van der Waals surface area contributed by atoms with Crippen LogP contribution in [0.15, 0.2) is 85.1 Å². The Kier molecular flexibility index (Phi) is 60.6. The maximum absolute atomic E-state index is 12.8. The minimum atomic E-state index is -4.40. The molecule has 1 N–H and O–H groups in total. The molecule has 82 heavy (non-hydrogen) atoms. The van der Waals surface area contributed by atoms with Gasteiger partial charge in [0.15, 0.2) is 6.10 Å². The molecule has 0 aromatic rings. The number of quaternary nitrogens is 1. The predicted molar refractivity (Wildman–Crippen MR) is 353 cm³/mol. The fourth-order valence-corrected chi connectivity index (χ4v) is 10.4. The highest BCUT2D eigenvalue weighted by Crippen LogP contribution is 2.43. The third-order valence-electron chi connectivity index (χ3n) is 14.9. The number of esters is 2. The molecule has 9 nitrogen and oxygen atoms in total. The van der Waals surface area contributed by atoms with Crippen molar-refractivity contribution in [3.05, 3.63) is 85.1 Å². The standard InChI is InChI=1S/C72H130NO8P/c1-6-8-10-12-14-16-18-20-22-24-26-27-28-29-30-31-32-33-34-35-36-37-38-39-40-41-42-43-44-45-47-48-50-52-54-56-58-60-62-64-71(74)78-68-70(69-80-82(76,77)79-67-66-73(3,4)5)81-72(75)65-63-61-59-57-55-53-51-49-46-25-23-21-19-17-15-13-11-9-7-2/h9,11,15,17-18,20-21,23-24,26,46,49,53,55,70H,6-8,10,12-14,16,19,22,25,27-45,47-48,50-52,54,56-69H2,1-5H3/p+1/b11-9-,17-15-,20-18-,23-21-,26-24-,49-46-,55-53-. The van der Waals surface area contributed by atoms with Crippen LogP contribution >= 0.6 is 7.82 Å². The molecule has 0 bridgehead atoms. The van der Waals surface area contributed by atoms with Gasteiger partial charge in [-0.15, -0.1) is 0 Å². The van der Waals surface area contributed by atoms with Crippen LogP contribution in [-0.2, 0) is 32.7 Å². The molecular weight excluding hydrogens is 1040 g/mol. The van der Waals surface area contributed by atoms with Crippen molar-refractivity contribution in [2.24, 2.45) is 0 Å². The Labute approximate surface area is 507 Å². The highest BCUT2D eigenvalue weighted by molar-refractivity contribution is 7.47. The van der Waals surface area contributed by atoms with Gasteiger partial charge in [0, 0.05) is 12.8 Å². The highest BCUT2D eigenvalue weighted by atomic mass is 31.2. The van der Waals surface area contributed by atoms with Crippen molar-refractivity contribution in [1.29, 1.82) is 0 Å². The zero-order valence-electron chi connectivity index (χ0n) is 54.2. The van der Waals surface area contributed by atoms with Crippen LogP contribution in [0.25, 0.3) is 0 Å². The molecule has 0 amide bonds. The molecule has 0 fully saturated rings. The Morgan fingerprint density at radius 1 is 0.390 bits per heavy atom. The van der Waals surface area contributed by atoms with Gasteiger partial charge in [-0.2, -0.15) is 0 Å². The second kappa shape index (κ2) is 62.7. The van der Waals surface area contributed by atoms with Crippen molar-refractivity contribution in [2.75, 3.05) is 47.5 Å². The van der Waals surface area contributed by atoms with E-state index in [-0.39, 0.29) is 32.0 Å². The van der Waals surface area contributed by atoms with Gasteiger partial charge < -0.3 is 18.9 Å². The van der Waals surface area contributed by atoms with Crippen molar-refractivity contribution in [3.63, 3.8) is 0 Å². The molecule has 0 saturated heterocycles. The van der Waals surface area contributed by atoms with E-state index in [0.717, 1.165) is 77.0 Å². The smallest absolute Gasteiger partial charge is 0.462 e. The molecule has 10 heteroatoms. The third-order valence-corrected chi connectivity index (χ3v) is 15.9. The topological polar surface area (TPSA) is 108 Å². The number of likely N-dealkylation sites (N-methyl/N-ethyl adjacent to an activating group) is 1. The largest absolute Gasteiger partial charge is 0.472 e. The molecule has 2 unspecified atom stereocenters. The summed E-state index contributed by atoms with van der Waals surface area (Å²) in [5, 5.41) is 0. The van der Waals surface area contributed by atoms with E-state index < -0.39 is 26.5 Å². The van der Waals surface area contributed by atoms with E-state index in [1.165, 1.54) is 199 Å². The summed E-state index contributed by atoms with van der Waals surface area (Å²) < 4.78 is 34.6. The van der Waals surface area contributed by atoms with E-state index in [4.69, 9.17) is 18.5 Å². The first-order valence-corrected chi connectivity index (χ1v) is 35.8. The average Bonchev–Trinajstić information content (AvgIpc) is 3.46. The summed E-state index contributed by atoms with van der Waals surface area (Å²) in [6.07, 6.45) is 85.7. The Bertz CT molecular complexity index is 1660. The van der Waals surface area contributed by atoms with Crippen LogP contribution in [0.4, 0.5) is 0 Å². The molecule has 0 rings (SSSR count). The van der Waals surface area contributed by atoms with Crippen LogP contribution in [0.1, 0.15) is 309 Å². The number of hydrogen-bond donors (Lipinski definition) is 1. The maximum atomic E-state index is 12.8. The Morgan fingerprint density at radius 2 is 0.695 bits per heavy atom. The summed E-state index contributed by atoms with van der Waals surface area (Å²) in [5.74, 6) is -0.828. The number of carbonyl (C=O) groups is 2. The second-order valence-corrected chi connectivity index (χ2v) is 25.6. The predicted octanol–water partition coefficient (Wildman–Crippen LogP) is 22.2. The summed E-state index contributed by atoms with van der Waals surface area (Å²) >= 11 is 0. The van der Waals surface area contributed by atoms with E-state index in [1.807, 2.05) is 21.1 Å². The van der Waals surface area contributed by atoms with Crippen LogP contribution in [-0.4, -0.2) is 74.9 Å². The fourth-order valence-electron chi connectivity index (χ4n) is 9.66. The molecule has 0 aromatic heterocycles. The summed E-state index contributed by atoms with van der Waals surface area (Å²) in [6.45, 7) is 4.29. The number of nitrogens with zero attached hydrogens (tertiary/aromatic N) is 1. The normalized spacial score (nSPS) is 13.7. The molecule has 476 valence electrons. The van der Waals surface area contributed by atoms with Gasteiger partial charge in [-0.3, -0.25) is 18.6 Å². The van der Waals surface area contributed by atoms with E-state index in [9.17, 15) is 19.0 Å². The Balaban J connectivity index is 3.94. The minimum Gasteiger partial charge on any atom is -0.462 e. The van der Waals surface area contributed by atoms with Gasteiger partial charge in [-0.05, 0) is 89.9 Å². The lowest BCUT2D eigenvalue weighted by molar-refractivity contribution is -0.870. The van der Waals surface area contributed by atoms with Gasteiger partial charge in [-0.25, -0.2) is 4.57 Å². The quantitative estimate of drug-likeness (QED) is 0.0211. The van der Waals surface area contributed by atoms with Gasteiger partial charge in [0.1, 0.15) is 19.8 Å². The summed E-state index contributed by atoms with van der Waals surface area (Å²) in [4.78, 5) is 35.8. The number of carbonyl (C=O) groups excluding carboxylic acids is 2. The van der Waals surface area contributed by atoms with Gasteiger partial charge >= 0.3 is 19.8 Å². The maximum Gasteiger partial charge on any atom is 0.472 e. The number of unbranched alkanes of at least 4 members (excludes halogenated alkanes) is 35. The highest BCUT2D eigenvalue weighted by Gasteiger charge is 2.27. The van der Waals surface area contributed by atoms with Gasteiger partial charge in [0.25, 0.3) is 0 Å². The number of hydrogen-bond acceptors (Lipinski definition) is 7. The molecule has 0 saturated carbocycles. The summed E-state index contributed by atoms with van der Waals surface area (Å²) in [6, 6.07) is 0. The van der Waals surface area contributed by atoms with E-state index >= 15 is 0 Å². The van der Waals surface area contributed by atoms with Crippen LogP contribution < -0.4 is 0 Å². The number of allylic oxidation sites excluding steroid dienone is 14. The SMILES string of the molecule is CC/C=C\C/C=C\C/C=C\C/C=C\C/C=C\CCCCCC(=O)OC(COC(=O)CCCCCCCCCCCCCCCCCCCCCCCCCCCCC/C=C\C/C=C\CCCCCCC)COP(=O)(O)OCC[N+](C)(C)C. The Morgan fingerprint density at radius 3 is 1.05 bits per heavy atom. The number of rotatable bonds is 63. The van der Waals surface area contributed by atoms with Crippen molar-refractivity contribution in [3.8, 4) is 0 Å². The molecule has 0 aliphatic carbocycles. The Hall–Kier alpha value is -2.81. The first kappa shape index (κ1) is 79.2. The zero-order valence-corrected chi connectivity index (χ0v) is 55.1. The molecular formula is C72H131NO8P+. The molecule has 0 aliphatic rings. The van der Waals surface area contributed by atoms with Crippen LogP contribution in [0.5, 0.6) is 0 Å². The van der Waals surface area contributed by atoms with Crippen LogP contribution in [0, 0.1) is 0 Å². The van der Waals surface area contributed by atoms with Gasteiger partial charge in [0.05, 0.1) is 27.7 Å². The first-order valence-electron chi connectivity index (χ1n) is 34.3. The fraction of sp³-hybridized carbons (Fsp3) is 0.778. The summed E-state index contributed by atoms with van der Waals surface area (Å²) in [7, 11) is 1.46. The van der Waals surface area contributed by atoms with Crippen molar-refractivity contribution in [1.82, 2.24) is 0 Å². The lowest BCUT2D eigenvalue weighted by Gasteiger charge is -2.24. The zero-order chi connectivity index (χ0) is 59.8. The van der Waals surface area contributed by atoms with Crippen molar-refractivity contribution < 1.29 is 42.1 Å². The number of phosphoric ester groups is 1. The van der Waals surface area contributed by atoms with E-state index in [2.05, 4.69) is 98.9 Å². The van der Waals surface area contributed by atoms with Crippen LogP contribution in [0.3, 0.4) is 0 Å². The minimum absolute atomic E-state index is 0.0228. The molecule has 0 aromatic carbocycles. The first-order chi connectivity index (χ1) is 40.0. The molecule has 0 radical (unpaired) electrons. The molecule has 2 atom stereocenters. The summed E-state index contributed by atoms with van der Waals surface area (Å²) in [5.41, 5.74) is 0. The average molecular weight is 1170 g/mol. The van der Waals surface area contributed by atoms with Crippen molar-refractivity contribution in [2.45, 2.75) is 315 Å². The van der Waals surface area contributed by atoms with E-state index in [1.54, 1.807) is 0 Å². The lowest BCUT2D eigenvalue weighted by atomic mass is 10.0. The second-order valence-electron chi connectivity index (χ2n) is 24.2. The number of phosphoric acid groups is 1. The van der Waals surface area contributed by atoms with Gasteiger partial charge in [-0.1, -0.05) is 292 Å². The third kappa shape index (κ3) is 66.3. The monoisotopic (exact) mass is 1170 g/mol. The van der Waals surface area contributed by atoms with Crippen LogP contribution in [0.2, 0.25) is 0 Å². The molecule has 0 aliphatic heterocycles. The van der Waals surface area contributed by atoms with Gasteiger partial charge in [0.2, 0.25) is 0 Å². The number of ether oxygens (including phenoxy) is 2. The lowest BCUT2D eigenvalue weighted by Crippen LogP contribution is -2.37. The molecule has 0 spiro atoms. The molecule has 0 heterocycles. The van der Waals surface area contributed by atoms with E-state index in [0.29, 0.717) is 17.4 Å². The van der Waals surface area contributed by atoms with Crippen molar-refractivity contribution >= 4 is 19.8 Å².